The minimum absolute atomic E-state index is 0.162. The van der Waals surface area contributed by atoms with E-state index in [9.17, 15) is 9.59 Å². The van der Waals surface area contributed by atoms with Crippen molar-refractivity contribution in [3.05, 3.63) is 48.0 Å². The predicted octanol–water partition coefficient (Wildman–Crippen LogP) is 1.61. The number of hydrogen-bond acceptors (Lipinski definition) is 6. The van der Waals surface area contributed by atoms with Gasteiger partial charge in [-0.2, -0.15) is 0 Å². The summed E-state index contributed by atoms with van der Waals surface area (Å²) in [4.78, 5) is 41.6. The predicted molar refractivity (Wildman–Crippen MR) is 106 cm³/mol. The molecule has 1 saturated heterocycles. The fraction of sp³-hybridized carbons (Fsp3) is 0.450. The molecular formula is C20H26N6O2. The normalized spacial score (nSPS) is 14.2. The number of pyridine rings is 1. The van der Waals surface area contributed by atoms with E-state index >= 15 is 0 Å². The summed E-state index contributed by atoms with van der Waals surface area (Å²) >= 11 is 0. The van der Waals surface area contributed by atoms with Gasteiger partial charge in [-0.1, -0.05) is 19.9 Å². The average Bonchev–Trinajstić information content (AvgIpc) is 2.74. The summed E-state index contributed by atoms with van der Waals surface area (Å²) in [5, 5.41) is 2.85. The van der Waals surface area contributed by atoms with Crippen molar-refractivity contribution in [1.82, 2.24) is 25.2 Å². The third-order valence-electron chi connectivity index (χ3n) is 4.61. The Morgan fingerprint density at radius 3 is 2.39 bits per heavy atom. The zero-order valence-electron chi connectivity index (χ0n) is 16.3. The standard InChI is InChI=1S/C20H26N6O2/c1-15(2)7-10-21-18(27)16-5-3-6-17(24-16)19(28)25-11-13-26(14-12-25)20-22-8-4-9-23-20/h3-6,8-9,15H,7,10-14H2,1-2H3,(H,21,27). The van der Waals surface area contributed by atoms with Gasteiger partial charge in [0.05, 0.1) is 0 Å². The largest absolute Gasteiger partial charge is 0.351 e. The smallest absolute Gasteiger partial charge is 0.272 e. The molecule has 3 rings (SSSR count). The molecular weight excluding hydrogens is 356 g/mol. The van der Waals surface area contributed by atoms with Crippen molar-refractivity contribution in [2.45, 2.75) is 20.3 Å². The number of nitrogens with one attached hydrogen (secondary N) is 1. The van der Waals surface area contributed by atoms with Crippen molar-refractivity contribution < 1.29 is 9.59 Å². The van der Waals surface area contributed by atoms with Gasteiger partial charge in [0.25, 0.3) is 11.8 Å². The molecule has 28 heavy (non-hydrogen) atoms. The molecule has 8 nitrogen and oxygen atoms in total. The van der Waals surface area contributed by atoms with Gasteiger partial charge in [-0.25, -0.2) is 15.0 Å². The maximum Gasteiger partial charge on any atom is 0.272 e. The summed E-state index contributed by atoms with van der Waals surface area (Å²) in [5.41, 5.74) is 0.562. The number of nitrogens with zero attached hydrogens (tertiary/aromatic N) is 5. The number of rotatable bonds is 6. The Morgan fingerprint density at radius 2 is 1.71 bits per heavy atom. The lowest BCUT2D eigenvalue weighted by atomic mass is 10.1. The third-order valence-corrected chi connectivity index (χ3v) is 4.61. The monoisotopic (exact) mass is 382 g/mol. The maximum atomic E-state index is 12.8. The van der Waals surface area contributed by atoms with Crippen LogP contribution in [0, 0.1) is 5.92 Å². The average molecular weight is 382 g/mol. The van der Waals surface area contributed by atoms with Gasteiger partial charge in [0.15, 0.2) is 0 Å². The van der Waals surface area contributed by atoms with Crippen LogP contribution in [-0.4, -0.2) is 64.4 Å². The molecule has 1 fully saturated rings. The molecule has 0 spiro atoms. The van der Waals surface area contributed by atoms with Crippen LogP contribution in [0.4, 0.5) is 5.95 Å². The Bertz CT molecular complexity index is 803. The fourth-order valence-corrected chi connectivity index (χ4v) is 2.97. The van der Waals surface area contributed by atoms with Crippen molar-refractivity contribution >= 4 is 17.8 Å². The van der Waals surface area contributed by atoms with Crippen LogP contribution in [-0.2, 0) is 0 Å². The van der Waals surface area contributed by atoms with Gasteiger partial charge < -0.3 is 15.1 Å². The molecule has 0 aliphatic carbocycles. The molecule has 2 amide bonds. The SMILES string of the molecule is CC(C)CCNC(=O)c1cccc(C(=O)N2CCN(c3ncccn3)CC2)n1. The fourth-order valence-electron chi connectivity index (χ4n) is 2.97. The number of anilines is 1. The van der Waals surface area contributed by atoms with Crippen molar-refractivity contribution in [3.8, 4) is 0 Å². The van der Waals surface area contributed by atoms with E-state index in [1.807, 2.05) is 0 Å². The van der Waals surface area contributed by atoms with E-state index in [0.29, 0.717) is 50.3 Å². The number of carbonyl (C=O) groups is 2. The minimum Gasteiger partial charge on any atom is -0.351 e. The van der Waals surface area contributed by atoms with Crippen LogP contribution in [0.1, 0.15) is 41.2 Å². The first kappa shape index (κ1) is 19.7. The highest BCUT2D eigenvalue weighted by Gasteiger charge is 2.24. The van der Waals surface area contributed by atoms with Crippen LogP contribution in [0.15, 0.2) is 36.7 Å². The molecule has 0 radical (unpaired) electrons. The summed E-state index contributed by atoms with van der Waals surface area (Å²) in [7, 11) is 0. The summed E-state index contributed by atoms with van der Waals surface area (Å²) in [6, 6.07) is 6.76. The zero-order valence-corrected chi connectivity index (χ0v) is 16.3. The number of amides is 2. The summed E-state index contributed by atoms with van der Waals surface area (Å²) < 4.78 is 0. The molecule has 1 aliphatic rings. The quantitative estimate of drug-likeness (QED) is 0.816. The Hall–Kier alpha value is -3.03. The van der Waals surface area contributed by atoms with Crippen LogP contribution in [0.25, 0.3) is 0 Å². The highest BCUT2D eigenvalue weighted by Crippen LogP contribution is 2.12. The minimum atomic E-state index is -0.249. The first-order valence-electron chi connectivity index (χ1n) is 9.61. The topological polar surface area (TPSA) is 91.3 Å². The van der Waals surface area contributed by atoms with E-state index in [2.05, 4.69) is 39.0 Å². The van der Waals surface area contributed by atoms with Gasteiger partial charge >= 0.3 is 0 Å². The Labute approximate surface area is 165 Å². The summed E-state index contributed by atoms with van der Waals surface area (Å²) in [5.74, 6) is 0.778. The van der Waals surface area contributed by atoms with Gasteiger partial charge in [0.2, 0.25) is 5.95 Å². The van der Waals surface area contributed by atoms with E-state index in [-0.39, 0.29) is 17.5 Å². The number of piperazine rings is 1. The lowest BCUT2D eigenvalue weighted by molar-refractivity contribution is 0.0740. The Morgan fingerprint density at radius 1 is 1.04 bits per heavy atom. The second-order valence-corrected chi connectivity index (χ2v) is 7.17. The van der Waals surface area contributed by atoms with E-state index in [1.165, 1.54) is 0 Å². The molecule has 1 aliphatic heterocycles. The van der Waals surface area contributed by atoms with Gasteiger partial charge in [0.1, 0.15) is 11.4 Å². The van der Waals surface area contributed by atoms with Gasteiger partial charge in [-0.15, -0.1) is 0 Å². The van der Waals surface area contributed by atoms with E-state index < -0.39 is 0 Å². The lowest BCUT2D eigenvalue weighted by Gasteiger charge is -2.34. The number of aromatic nitrogens is 3. The second-order valence-electron chi connectivity index (χ2n) is 7.17. The molecule has 0 bridgehead atoms. The molecule has 3 heterocycles. The molecule has 148 valence electrons. The zero-order chi connectivity index (χ0) is 19.9. The highest BCUT2D eigenvalue weighted by molar-refractivity contribution is 5.96. The Balaban J connectivity index is 1.58. The van der Waals surface area contributed by atoms with Crippen LogP contribution >= 0.6 is 0 Å². The van der Waals surface area contributed by atoms with Crippen molar-refractivity contribution in [3.63, 3.8) is 0 Å². The van der Waals surface area contributed by atoms with E-state index in [4.69, 9.17) is 0 Å². The summed E-state index contributed by atoms with van der Waals surface area (Å²) in [6.45, 7) is 7.24. The first-order chi connectivity index (χ1) is 13.5. The van der Waals surface area contributed by atoms with Crippen LogP contribution in [0.3, 0.4) is 0 Å². The molecule has 0 saturated carbocycles. The van der Waals surface area contributed by atoms with E-state index in [1.54, 1.807) is 41.6 Å². The van der Waals surface area contributed by atoms with Crippen molar-refractivity contribution in [1.29, 1.82) is 0 Å². The number of hydrogen-bond donors (Lipinski definition) is 1. The molecule has 0 atom stereocenters. The lowest BCUT2D eigenvalue weighted by Crippen LogP contribution is -2.49. The van der Waals surface area contributed by atoms with Gasteiger partial charge in [0, 0.05) is 45.1 Å². The molecule has 8 heteroatoms. The number of carbonyl (C=O) groups excluding carboxylic acids is 2. The Kier molecular flexibility index (Phi) is 6.52. The van der Waals surface area contributed by atoms with Crippen molar-refractivity contribution in [2.24, 2.45) is 5.92 Å². The molecule has 1 N–H and O–H groups in total. The maximum absolute atomic E-state index is 12.8. The third kappa shape index (κ3) is 5.03. The van der Waals surface area contributed by atoms with E-state index in [0.717, 1.165) is 6.42 Å². The van der Waals surface area contributed by atoms with Crippen LogP contribution < -0.4 is 10.2 Å². The second kappa shape index (κ2) is 9.25. The van der Waals surface area contributed by atoms with Crippen molar-refractivity contribution in [2.75, 3.05) is 37.6 Å². The molecule has 0 aromatic carbocycles. The van der Waals surface area contributed by atoms with Gasteiger partial charge in [-0.3, -0.25) is 9.59 Å². The molecule has 0 unspecified atom stereocenters. The molecule has 2 aromatic heterocycles. The molecule has 2 aromatic rings. The van der Waals surface area contributed by atoms with Gasteiger partial charge in [-0.05, 0) is 30.5 Å². The highest BCUT2D eigenvalue weighted by atomic mass is 16.2. The van der Waals surface area contributed by atoms with Crippen LogP contribution in [0.5, 0.6) is 0 Å². The van der Waals surface area contributed by atoms with Crippen LogP contribution in [0.2, 0.25) is 0 Å². The first-order valence-corrected chi connectivity index (χ1v) is 9.61. The summed E-state index contributed by atoms with van der Waals surface area (Å²) in [6.07, 6.45) is 4.32.